The van der Waals surface area contributed by atoms with Crippen LogP contribution in [-0.4, -0.2) is 28.4 Å². The van der Waals surface area contributed by atoms with Gasteiger partial charge in [-0.15, -0.1) is 0 Å². The molecule has 5 rings (SSSR count). The normalized spacial score (nSPS) is 17.0. The number of carbonyl (C=O) groups excluding carboxylic acids is 2. The lowest BCUT2D eigenvalue weighted by Gasteiger charge is -2.23. The van der Waals surface area contributed by atoms with Gasteiger partial charge >= 0.3 is 5.91 Å². The number of anilines is 1. The van der Waals surface area contributed by atoms with Crippen molar-refractivity contribution >= 4 is 44.1 Å². The Hall–Kier alpha value is -4.11. The van der Waals surface area contributed by atoms with E-state index in [-0.39, 0.29) is 27.9 Å². The number of aliphatic hydroxyl groups is 1. The predicted octanol–water partition coefficient (Wildman–Crippen LogP) is 7.03. The number of benzene rings is 3. The van der Waals surface area contributed by atoms with Gasteiger partial charge in [0.2, 0.25) is 0 Å². The molecule has 2 heterocycles. The second kappa shape index (κ2) is 10.2. The van der Waals surface area contributed by atoms with Crippen molar-refractivity contribution in [2.45, 2.75) is 39.7 Å². The van der Waals surface area contributed by atoms with Crippen molar-refractivity contribution in [1.82, 2.24) is 4.98 Å². The summed E-state index contributed by atoms with van der Waals surface area (Å²) in [6.07, 6.45) is 0. The summed E-state index contributed by atoms with van der Waals surface area (Å²) in [6, 6.07) is 13.4. The van der Waals surface area contributed by atoms with Crippen LogP contribution in [0.2, 0.25) is 0 Å². The summed E-state index contributed by atoms with van der Waals surface area (Å²) < 4.78 is 33.8. The average Bonchev–Trinajstić information content (AvgIpc) is 3.41. The molecule has 3 aromatic carbocycles. The molecule has 4 aromatic rings. The van der Waals surface area contributed by atoms with E-state index in [0.717, 1.165) is 34.6 Å². The summed E-state index contributed by atoms with van der Waals surface area (Å²) in [6.45, 7) is 8.21. The van der Waals surface area contributed by atoms with Crippen LogP contribution in [0.15, 0.2) is 60.2 Å². The third-order valence-corrected chi connectivity index (χ3v) is 7.65. The number of rotatable bonds is 6. The van der Waals surface area contributed by atoms with Crippen molar-refractivity contribution in [3.8, 4) is 5.75 Å². The molecule has 1 atom stereocenters. The number of halogens is 2. The second-order valence-corrected chi connectivity index (χ2v) is 10.7. The first-order valence-corrected chi connectivity index (χ1v) is 13.3. The molecule has 1 aliphatic rings. The summed E-state index contributed by atoms with van der Waals surface area (Å²) in [4.78, 5) is 32.5. The topological polar surface area (TPSA) is 79.7 Å². The van der Waals surface area contributed by atoms with Crippen molar-refractivity contribution in [2.75, 3.05) is 11.5 Å². The molecule has 0 saturated carbocycles. The fourth-order valence-corrected chi connectivity index (χ4v) is 5.79. The number of hydrogen-bond acceptors (Lipinski definition) is 6. The summed E-state index contributed by atoms with van der Waals surface area (Å²) in [7, 11) is 0. The van der Waals surface area contributed by atoms with E-state index in [4.69, 9.17) is 4.74 Å². The Labute approximate surface area is 228 Å². The monoisotopic (exact) mass is 548 g/mol. The van der Waals surface area contributed by atoms with Crippen LogP contribution in [0.3, 0.4) is 0 Å². The van der Waals surface area contributed by atoms with Crippen LogP contribution in [0.1, 0.15) is 55.0 Å². The third kappa shape index (κ3) is 4.67. The first-order valence-electron chi connectivity index (χ1n) is 12.5. The lowest BCUT2D eigenvalue weighted by atomic mass is 9.92. The highest BCUT2D eigenvalue weighted by atomic mass is 32.1. The van der Waals surface area contributed by atoms with Crippen LogP contribution in [0.4, 0.5) is 13.9 Å². The van der Waals surface area contributed by atoms with Crippen molar-refractivity contribution in [3.63, 3.8) is 0 Å². The number of ketones is 1. The lowest BCUT2D eigenvalue weighted by Crippen LogP contribution is -2.29. The molecular weight excluding hydrogens is 522 g/mol. The molecular formula is C30H26F2N2O4S. The zero-order valence-electron chi connectivity index (χ0n) is 21.8. The van der Waals surface area contributed by atoms with Gasteiger partial charge in [0.25, 0.3) is 5.78 Å². The van der Waals surface area contributed by atoms with Gasteiger partial charge < -0.3 is 9.84 Å². The Balaban J connectivity index is 1.72. The molecule has 0 spiro atoms. The van der Waals surface area contributed by atoms with E-state index >= 15 is 0 Å². The molecule has 200 valence electrons. The quantitative estimate of drug-likeness (QED) is 0.159. The Morgan fingerprint density at radius 3 is 2.54 bits per heavy atom. The highest BCUT2D eigenvalue weighted by Gasteiger charge is 2.48. The highest BCUT2D eigenvalue weighted by Crippen LogP contribution is 2.45. The molecule has 1 N–H and O–H groups in total. The zero-order valence-corrected chi connectivity index (χ0v) is 22.6. The number of thiazole rings is 1. The van der Waals surface area contributed by atoms with E-state index < -0.39 is 29.4 Å². The van der Waals surface area contributed by atoms with Crippen LogP contribution in [-0.2, 0) is 9.59 Å². The van der Waals surface area contributed by atoms with Crippen LogP contribution in [0.25, 0.3) is 16.0 Å². The molecule has 39 heavy (non-hydrogen) atoms. The van der Waals surface area contributed by atoms with Crippen molar-refractivity contribution in [3.05, 3.63) is 94.1 Å². The van der Waals surface area contributed by atoms with Gasteiger partial charge in [-0.1, -0.05) is 55.0 Å². The minimum atomic E-state index is -1.06. The number of fused-ring (bicyclic) bond motifs is 1. The molecule has 0 aliphatic carbocycles. The average molecular weight is 549 g/mol. The highest BCUT2D eigenvalue weighted by molar-refractivity contribution is 7.22. The summed E-state index contributed by atoms with van der Waals surface area (Å²) in [5.41, 5.74) is 2.74. The molecule has 1 fully saturated rings. The minimum absolute atomic E-state index is 0.0674. The second-order valence-electron chi connectivity index (χ2n) is 9.65. The Morgan fingerprint density at radius 1 is 1.10 bits per heavy atom. The molecule has 1 aromatic heterocycles. The summed E-state index contributed by atoms with van der Waals surface area (Å²) in [5.74, 6) is -3.45. The van der Waals surface area contributed by atoms with Crippen molar-refractivity contribution in [1.29, 1.82) is 0 Å². The van der Waals surface area contributed by atoms with E-state index in [1.165, 1.54) is 4.90 Å². The molecule has 9 heteroatoms. The Morgan fingerprint density at radius 2 is 1.85 bits per heavy atom. The fourth-order valence-electron chi connectivity index (χ4n) is 4.79. The van der Waals surface area contributed by atoms with E-state index in [0.29, 0.717) is 28.2 Å². The lowest BCUT2D eigenvalue weighted by molar-refractivity contribution is -0.132. The van der Waals surface area contributed by atoms with Gasteiger partial charge in [0.15, 0.2) is 16.8 Å². The molecule has 1 saturated heterocycles. The van der Waals surface area contributed by atoms with Gasteiger partial charge in [-0.25, -0.2) is 13.8 Å². The number of aromatic nitrogens is 1. The van der Waals surface area contributed by atoms with Gasteiger partial charge in [0.1, 0.15) is 11.5 Å². The van der Waals surface area contributed by atoms with Gasteiger partial charge in [-0.2, -0.15) is 0 Å². The van der Waals surface area contributed by atoms with E-state index in [9.17, 15) is 23.5 Å². The molecule has 6 nitrogen and oxygen atoms in total. The number of ether oxygens (including phenoxy) is 1. The predicted molar refractivity (Wildman–Crippen MR) is 147 cm³/mol. The largest absolute Gasteiger partial charge is 0.507 e. The fraction of sp³-hybridized carbons (Fsp3) is 0.233. The number of aryl methyl sites for hydroxylation is 1. The number of aliphatic hydroxyl groups excluding tert-OH is 1. The first kappa shape index (κ1) is 26.5. The van der Waals surface area contributed by atoms with Crippen LogP contribution in [0.5, 0.6) is 5.75 Å². The molecule has 1 unspecified atom stereocenters. The SMILES string of the molecule is CCOc1ccc(/C(O)=C2\C(=O)C(=O)N(c3nc4cc(F)c(F)cc4s3)C2c2cccc(C)c2)cc1C(C)C. The number of nitrogens with zero attached hydrogens (tertiary/aromatic N) is 2. The first-order chi connectivity index (χ1) is 18.6. The van der Waals surface area contributed by atoms with Crippen LogP contribution >= 0.6 is 11.3 Å². The molecule has 1 aliphatic heterocycles. The van der Waals surface area contributed by atoms with Gasteiger partial charge in [-0.3, -0.25) is 14.5 Å². The van der Waals surface area contributed by atoms with Crippen LogP contribution in [0, 0.1) is 18.6 Å². The maximum Gasteiger partial charge on any atom is 0.301 e. The van der Waals surface area contributed by atoms with Crippen molar-refractivity contribution < 1.29 is 28.2 Å². The van der Waals surface area contributed by atoms with Crippen molar-refractivity contribution in [2.24, 2.45) is 0 Å². The maximum atomic E-state index is 13.9. The van der Waals surface area contributed by atoms with E-state index in [1.807, 2.05) is 39.8 Å². The zero-order chi connectivity index (χ0) is 28.0. The Bertz CT molecular complexity index is 1620. The van der Waals surface area contributed by atoms with Crippen LogP contribution < -0.4 is 9.64 Å². The smallest absolute Gasteiger partial charge is 0.301 e. The van der Waals surface area contributed by atoms with E-state index in [1.54, 1.807) is 30.3 Å². The van der Waals surface area contributed by atoms with Gasteiger partial charge in [0, 0.05) is 11.6 Å². The summed E-state index contributed by atoms with van der Waals surface area (Å²) in [5, 5.41) is 11.6. The van der Waals surface area contributed by atoms with E-state index in [2.05, 4.69) is 4.98 Å². The third-order valence-electron chi connectivity index (χ3n) is 6.63. The molecule has 0 bridgehead atoms. The Kier molecular flexibility index (Phi) is 6.94. The van der Waals surface area contributed by atoms with Gasteiger partial charge in [0.05, 0.1) is 28.4 Å². The summed E-state index contributed by atoms with van der Waals surface area (Å²) >= 11 is 0.963. The maximum absolute atomic E-state index is 13.9. The number of Topliss-reactive ketones (excluding diaryl/α,β-unsaturated/α-hetero) is 1. The van der Waals surface area contributed by atoms with Gasteiger partial charge in [-0.05, 0) is 55.2 Å². The number of hydrogen-bond donors (Lipinski definition) is 1. The molecule has 0 radical (unpaired) electrons. The molecule has 1 amide bonds. The minimum Gasteiger partial charge on any atom is -0.507 e. The number of carbonyl (C=O) groups is 2. The standard InChI is InChI=1S/C30H26F2N2O4S/c1-5-38-23-10-9-18(12-19(23)15(2)3)27(35)25-26(17-8-6-7-16(4)11-17)34(29(37)28(25)36)30-33-22-13-20(31)21(32)14-24(22)39-30/h6-15,26,35H,5H2,1-4H3/b27-25+. The number of amides is 1.